The fourth-order valence-electron chi connectivity index (χ4n) is 1.33. The number of amides is 1. The van der Waals surface area contributed by atoms with Crippen molar-refractivity contribution in [3.8, 4) is 0 Å². The Morgan fingerprint density at radius 3 is 2.57 bits per heavy atom. The standard InChI is InChI=1S/C11H14ClN3O4S2/c1-6(2)19-11(16)15-21(17,18)14-9-5-7(12)3-4-8(9)10(13)20/h3-6,14H,1-2H3,(H2,13,20)(H,15,16). The van der Waals surface area contributed by atoms with Crippen LogP contribution in [0.4, 0.5) is 10.5 Å². The summed E-state index contributed by atoms with van der Waals surface area (Å²) >= 11 is 10.6. The van der Waals surface area contributed by atoms with Crippen molar-refractivity contribution < 1.29 is 17.9 Å². The first-order chi connectivity index (χ1) is 9.60. The van der Waals surface area contributed by atoms with Gasteiger partial charge in [0.05, 0.1) is 11.8 Å². The summed E-state index contributed by atoms with van der Waals surface area (Å²) in [6.07, 6.45) is -1.56. The highest BCUT2D eigenvalue weighted by Gasteiger charge is 2.18. The Morgan fingerprint density at radius 2 is 2.05 bits per heavy atom. The van der Waals surface area contributed by atoms with Gasteiger partial charge in [-0.2, -0.15) is 8.42 Å². The molecule has 1 aromatic carbocycles. The summed E-state index contributed by atoms with van der Waals surface area (Å²) in [6.45, 7) is 3.17. The maximum absolute atomic E-state index is 11.8. The third-order valence-electron chi connectivity index (χ3n) is 2.05. The highest BCUT2D eigenvalue weighted by molar-refractivity contribution is 7.91. The van der Waals surface area contributed by atoms with Crippen molar-refractivity contribution in [3.05, 3.63) is 28.8 Å². The lowest BCUT2D eigenvalue weighted by Gasteiger charge is -2.14. The molecule has 0 aromatic heterocycles. The van der Waals surface area contributed by atoms with Gasteiger partial charge in [-0.3, -0.25) is 4.72 Å². The van der Waals surface area contributed by atoms with Crippen LogP contribution in [0.2, 0.25) is 5.02 Å². The van der Waals surface area contributed by atoms with Crippen molar-refractivity contribution in [1.29, 1.82) is 0 Å². The molecule has 0 unspecified atom stereocenters. The second kappa shape index (κ2) is 6.92. The zero-order chi connectivity index (χ0) is 16.2. The largest absolute Gasteiger partial charge is 0.446 e. The molecule has 116 valence electrons. The van der Waals surface area contributed by atoms with Crippen molar-refractivity contribution >= 4 is 50.8 Å². The molecule has 0 saturated carbocycles. The molecule has 0 radical (unpaired) electrons. The van der Waals surface area contributed by atoms with Crippen LogP contribution in [0.1, 0.15) is 19.4 Å². The van der Waals surface area contributed by atoms with Crippen LogP contribution in [0.15, 0.2) is 18.2 Å². The molecule has 21 heavy (non-hydrogen) atoms. The van der Waals surface area contributed by atoms with E-state index in [2.05, 4.69) is 9.46 Å². The van der Waals surface area contributed by atoms with E-state index in [1.54, 1.807) is 18.6 Å². The Kier molecular flexibility index (Phi) is 5.76. The maximum atomic E-state index is 11.8. The molecule has 0 saturated heterocycles. The van der Waals surface area contributed by atoms with E-state index in [9.17, 15) is 13.2 Å². The monoisotopic (exact) mass is 351 g/mol. The molecule has 7 nitrogen and oxygen atoms in total. The predicted molar refractivity (Wildman–Crippen MR) is 84.6 cm³/mol. The number of thiocarbonyl (C=S) groups is 1. The first-order valence-electron chi connectivity index (χ1n) is 5.71. The minimum atomic E-state index is -4.20. The van der Waals surface area contributed by atoms with Crippen LogP contribution in [0.3, 0.4) is 0 Å². The molecule has 0 fully saturated rings. The first-order valence-corrected chi connectivity index (χ1v) is 7.98. The first kappa shape index (κ1) is 17.5. The summed E-state index contributed by atoms with van der Waals surface area (Å²) in [6, 6.07) is 4.30. The van der Waals surface area contributed by atoms with Gasteiger partial charge < -0.3 is 10.5 Å². The van der Waals surface area contributed by atoms with E-state index in [-0.39, 0.29) is 21.3 Å². The lowest BCUT2D eigenvalue weighted by molar-refractivity contribution is 0.121. The summed E-state index contributed by atoms with van der Waals surface area (Å²) in [5.41, 5.74) is 5.82. The zero-order valence-electron chi connectivity index (χ0n) is 11.2. The number of halogens is 1. The van der Waals surface area contributed by atoms with Crippen LogP contribution in [0.25, 0.3) is 0 Å². The third kappa shape index (κ3) is 5.74. The van der Waals surface area contributed by atoms with E-state index in [0.717, 1.165) is 0 Å². The molecule has 0 spiro atoms. The number of carbonyl (C=O) groups excluding carboxylic acids is 1. The molecule has 1 amide bonds. The van der Waals surface area contributed by atoms with Crippen LogP contribution in [-0.4, -0.2) is 25.6 Å². The summed E-state index contributed by atoms with van der Waals surface area (Å²) in [5.74, 6) is 0. The number of hydrogen-bond acceptors (Lipinski definition) is 5. The van der Waals surface area contributed by atoms with E-state index in [0.29, 0.717) is 0 Å². The predicted octanol–water partition coefficient (Wildman–Crippen LogP) is 1.77. The molecular formula is C11H14ClN3O4S2. The fourth-order valence-corrected chi connectivity index (χ4v) is 2.46. The summed E-state index contributed by atoms with van der Waals surface area (Å²) in [4.78, 5) is 11.3. The van der Waals surface area contributed by atoms with Gasteiger partial charge in [-0.1, -0.05) is 23.8 Å². The second-order valence-corrected chi connectivity index (χ2v) is 6.51. The minimum Gasteiger partial charge on any atom is -0.446 e. The van der Waals surface area contributed by atoms with Gasteiger partial charge in [-0.15, -0.1) is 0 Å². The molecule has 0 heterocycles. The quantitative estimate of drug-likeness (QED) is 0.697. The fraction of sp³-hybridized carbons (Fsp3) is 0.273. The molecule has 1 rings (SSSR count). The number of nitrogens with one attached hydrogen (secondary N) is 2. The van der Waals surface area contributed by atoms with Gasteiger partial charge in [0.25, 0.3) is 0 Å². The topological polar surface area (TPSA) is 111 Å². The Labute approximate surface area is 133 Å². The van der Waals surface area contributed by atoms with E-state index >= 15 is 0 Å². The Bertz CT molecular complexity index is 661. The van der Waals surface area contributed by atoms with Crippen molar-refractivity contribution in [3.63, 3.8) is 0 Å². The van der Waals surface area contributed by atoms with Crippen LogP contribution < -0.4 is 15.2 Å². The van der Waals surface area contributed by atoms with Gasteiger partial charge >= 0.3 is 16.3 Å². The molecule has 0 aliphatic rings. The molecule has 0 aliphatic heterocycles. The number of rotatable bonds is 5. The average Bonchev–Trinajstić information content (AvgIpc) is 2.24. The molecule has 10 heteroatoms. The van der Waals surface area contributed by atoms with Crippen LogP contribution >= 0.6 is 23.8 Å². The summed E-state index contributed by atoms with van der Waals surface area (Å²) in [7, 11) is -4.20. The number of anilines is 1. The van der Waals surface area contributed by atoms with Gasteiger partial charge in [0.2, 0.25) is 0 Å². The van der Waals surface area contributed by atoms with Crippen molar-refractivity contribution in [2.75, 3.05) is 4.72 Å². The van der Waals surface area contributed by atoms with E-state index in [1.807, 2.05) is 0 Å². The normalized spacial score (nSPS) is 11.0. The minimum absolute atomic E-state index is 0.0193. The third-order valence-corrected chi connectivity index (χ3v) is 3.43. The SMILES string of the molecule is CC(C)OC(=O)NS(=O)(=O)Nc1cc(Cl)ccc1C(N)=S. The van der Waals surface area contributed by atoms with Crippen LogP contribution in [0.5, 0.6) is 0 Å². The lowest BCUT2D eigenvalue weighted by atomic mass is 10.2. The van der Waals surface area contributed by atoms with Crippen molar-refractivity contribution in [2.45, 2.75) is 20.0 Å². The van der Waals surface area contributed by atoms with Crippen molar-refractivity contribution in [1.82, 2.24) is 4.72 Å². The average molecular weight is 352 g/mol. The Morgan fingerprint density at radius 1 is 1.43 bits per heavy atom. The smallest absolute Gasteiger partial charge is 0.422 e. The van der Waals surface area contributed by atoms with E-state index < -0.39 is 22.4 Å². The Hall–Kier alpha value is -1.58. The van der Waals surface area contributed by atoms with Gasteiger partial charge in [-0.05, 0) is 32.0 Å². The Balaban J connectivity index is 2.96. The van der Waals surface area contributed by atoms with Gasteiger partial charge in [0.1, 0.15) is 4.99 Å². The molecular weight excluding hydrogens is 338 g/mol. The molecule has 0 aliphatic carbocycles. The van der Waals surface area contributed by atoms with Crippen LogP contribution in [-0.2, 0) is 14.9 Å². The summed E-state index contributed by atoms with van der Waals surface area (Å²) in [5, 5.41) is 0.275. The number of benzene rings is 1. The number of carbonyl (C=O) groups is 1. The second-order valence-electron chi connectivity index (χ2n) is 4.22. The highest BCUT2D eigenvalue weighted by Crippen LogP contribution is 2.21. The molecule has 0 atom stereocenters. The lowest BCUT2D eigenvalue weighted by Crippen LogP contribution is -2.37. The number of hydrogen-bond donors (Lipinski definition) is 3. The number of nitrogens with two attached hydrogens (primary N) is 1. The molecule has 0 bridgehead atoms. The molecule has 4 N–H and O–H groups in total. The number of ether oxygens (including phenoxy) is 1. The highest BCUT2D eigenvalue weighted by atomic mass is 35.5. The van der Waals surface area contributed by atoms with E-state index in [1.165, 1.54) is 18.2 Å². The van der Waals surface area contributed by atoms with Crippen molar-refractivity contribution in [2.24, 2.45) is 5.73 Å². The van der Waals surface area contributed by atoms with Gasteiger partial charge in [0.15, 0.2) is 0 Å². The van der Waals surface area contributed by atoms with Gasteiger partial charge in [-0.25, -0.2) is 9.52 Å². The zero-order valence-corrected chi connectivity index (χ0v) is 13.6. The maximum Gasteiger partial charge on any atom is 0.422 e. The van der Waals surface area contributed by atoms with Crippen LogP contribution in [0, 0.1) is 0 Å². The summed E-state index contributed by atoms with van der Waals surface area (Å²) < 4.78 is 32.2. The molecule has 1 aromatic rings. The van der Waals surface area contributed by atoms with E-state index in [4.69, 9.17) is 29.6 Å². The van der Waals surface area contributed by atoms with Gasteiger partial charge in [0, 0.05) is 10.6 Å².